The summed E-state index contributed by atoms with van der Waals surface area (Å²) in [7, 11) is 0. The first-order chi connectivity index (χ1) is 9.28. The Morgan fingerprint density at radius 3 is 3.21 bits per heavy atom. The molecule has 3 N–H and O–H groups in total. The number of carbonyl (C=O) groups excluding carboxylic acids is 1. The maximum absolute atomic E-state index is 12.2. The average Bonchev–Trinajstić information content (AvgIpc) is 3.05. The van der Waals surface area contributed by atoms with E-state index in [0.29, 0.717) is 18.0 Å². The van der Waals surface area contributed by atoms with Gasteiger partial charge in [-0.2, -0.15) is 0 Å². The predicted molar refractivity (Wildman–Crippen MR) is 72.8 cm³/mol. The first-order valence-electron chi connectivity index (χ1n) is 6.71. The second-order valence-electron chi connectivity index (χ2n) is 5.12. The lowest BCUT2D eigenvalue weighted by molar-refractivity contribution is 0.0928. The lowest BCUT2D eigenvalue weighted by Gasteiger charge is -2.19. The predicted octanol–water partition coefficient (Wildman–Crippen LogP) is 1.19. The molecular weight excluding hydrogens is 240 g/mol. The van der Waals surface area contributed by atoms with Crippen molar-refractivity contribution in [1.82, 2.24) is 14.7 Å². The number of aromatic nitrogens is 2. The molecule has 1 fully saturated rings. The quantitative estimate of drug-likeness (QED) is 0.868. The number of rotatable bonds is 3. The van der Waals surface area contributed by atoms with Gasteiger partial charge in [-0.05, 0) is 37.4 Å². The zero-order valence-electron chi connectivity index (χ0n) is 10.7. The summed E-state index contributed by atoms with van der Waals surface area (Å²) in [6, 6.07) is 3.88. The van der Waals surface area contributed by atoms with E-state index in [2.05, 4.69) is 10.3 Å². The zero-order chi connectivity index (χ0) is 13.2. The fourth-order valence-electron chi connectivity index (χ4n) is 2.82. The number of fused-ring (bicyclic) bond motifs is 1. The number of hydrogen-bond donors (Lipinski definition) is 2. The molecular formula is C14H18N4O. The van der Waals surface area contributed by atoms with Crippen molar-refractivity contribution in [2.24, 2.45) is 11.7 Å². The second kappa shape index (κ2) is 5.01. The van der Waals surface area contributed by atoms with E-state index in [-0.39, 0.29) is 11.9 Å². The SMILES string of the molecule is NCC1CCCC1NC(=O)c1ccc2nccn2c1. The summed E-state index contributed by atoms with van der Waals surface area (Å²) in [5.41, 5.74) is 7.24. The number of hydrogen-bond acceptors (Lipinski definition) is 3. The number of carbonyl (C=O) groups is 1. The van der Waals surface area contributed by atoms with Crippen LogP contribution >= 0.6 is 0 Å². The minimum atomic E-state index is -0.0269. The largest absolute Gasteiger partial charge is 0.349 e. The molecule has 1 amide bonds. The minimum Gasteiger partial charge on any atom is -0.349 e. The van der Waals surface area contributed by atoms with Crippen LogP contribution in [0.15, 0.2) is 30.7 Å². The van der Waals surface area contributed by atoms with Gasteiger partial charge in [0, 0.05) is 24.6 Å². The van der Waals surface area contributed by atoms with Crippen LogP contribution in [-0.2, 0) is 0 Å². The molecule has 19 heavy (non-hydrogen) atoms. The van der Waals surface area contributed by atoms with Crippen LogP contribution in [0.5, 0.6) is 0 Å². The third-order valence-electron chi connectivity index (χ3n) is 3.93. The van der Waals surface area contributed by atoms with Gasteiger partial charge in [-0.3, -0.25) is 4.79 Å². The van der Waals surface area contributed by atoms with E-state index in [1.165, 1.54) is 0 Å². The molecule has 0 aliphatic heterocycles. The Hall–Kier alpha value is -1.88. The molecule has 0 saturated heterocycles. The van der Waals surface area contributed by atoms with Crippen LogP contribution in [-0.4, -0.2) is 27.9 Å². The summed E-state index contributed by atoms with van der Waals surface area (Å²) in [5.74, 6) is 0.391. The molecule has 100 valence electrons. The topological polar surface area (TPSA) is 72.4 Å². The van der Waals surface area contributed by atoms with Gasteiger partial charge in [-0.25, -0.2) is 4.98 Å². The Balaban J connectivity index is 1.76. The van der Waals surface area contributed by atoms with Crippen LogP contribution in [0.4, 0.5) is 0 Å². The molecule has 5 heteroatoms. The molecule has 0 bridgehead atoms. The van der Waals surface area contributed by atoms with Crippen LogP contribution < -0.4 is 11.1 Å². The van der Waals surface area contributed by atoms with Gasteiger partial charge >= 0.3 is 0 Å². The third kappa shape index (κ3) is 2.33. The van der Waals surface area contributed by atoms with E-state index in [1.807, 2.05) is 28.9 Å². The zero-order valence-corrected chi connectivity index (χ0v) is 10.7. The highest BCUT2D eigenvalue weighted by Crippen LogP contribution is 2.24. The summed E-state index contributed by atoms with van der Waals surface area (Å²) in [6.07, 6.45) is 8.66. The van der Waals surface area contributed by atoms with Crippen LogP contribution in [0.1, 0.15) is 29.6 Å². The van der Waals surface area contributed by atoms with E-state index in [1.54, 1.807) is 6.20 Å². The molecule has 1 aliphatic rings. The van der Waals surface area contributed by atoms with Crippen molar-refractivity contribution in [1.29, 1.82) is 0 Å². The van der Waals surface area contributed by atoms with Crippen molar-refractivity contribution >= 4 is 11.6 Å². The number of nitrogens with two attached hydrogens (primary N) is 1. The highest BCUT2D eigenvalue weighted by atomic mass is 16.1. The molecule has 2 unspecified atom stereocenters. The van der Waals surface area contributed by atoms with Gasteiger partial charge in [0.2, 0.25) is 0 Å². The molecule has 2 heterocycles. The number of nitrogens with zero attached hydrogens (tertiary/aromatic N) is 2. The number of amides is 1. The van der Waals surface area contributed by atoms with Gasteiger partial charge < -0.3 is 15.5 Å². The average molecular weight is 258 g/mol. The molecule has 1 aliphatic carbocycles. The van der Waals surface area contributed by atoms with Crippen LogP contribution in [0.25, 0.3) is 5.65 Å². The van der Waals surface area contributed by atoms with Gasteiger partial charge in [0.25, 0.3) is 5.91 Å². The molecule has 2 aromatic rings. The molecule has 5 nitrogen and oxygen atoms in total. The van der Waals surface area contributed by atoms with E-state index in [4.69, 9.17) is 5.73 Å². The molecule has 0 spiro atoms. The first-order valence-corrected chi connectivity index (χ1v) is 6.71. The number of pyridine rings is 1. The highest BCUT2D eigenvalue weighted by molar-refractivity contribution is 5.94. The van der Waals surface area contributed by atoms with Gasteiger partial charge in [-0.1, -0.05) is 6.42 Å². The van der Waals surface area contributed by atoms with Crippen molar-refractivity contribution in [2.45, 2.75) is 25.3 Å². The standard InChI is InChI=1S/C14H18N4O/c15-8-10-2-1-3-12(10)17-14(19)11-4-5-13-16-6-7-18(13)9-11/h4-7,9-10,12H,1-3,8,15H2,(H,17,19). The Morgan fingerprint density at radius 1 is 1.47 bits per heavy atom. The Kier molecular flexibility index (Phi) is 3.21. The summed E-state index contributed by atoms with van der Waals surface area (Å²) in [5, 5.41) is 3.10. The Labute approximate surface area is 111 Å². The van der Waals surface area contributed by atoms with Crippen molar-refractivity contribution in [2.75, 3.05) is 6.54 Å². The van der Waals surface area contributed by atoms with Crippen molar-refractivity contribution in [3.8, 4) is 0 Å². The van der Waals surface area contributed by atoms with Gasteiger partial charge in [-0.15, -0.1) is 0 Å². The lowest BCUT2D eigenvalue weighted by Crippen LogP contribution is -2.39. The molecule has 3 rings (SSSR count). The summed E-state index contributed by atoms with van der Waals surface area (Å²) in [4.78, 5) is 16.4. The summed E-state index contributed by atoms with van der Waals surface area (Å²) < 4.78 is 1.85. The number of imidazole rings is 1. The third-order valence-corrected chi connectivity index (χ3v) is 3.93. The van der Waals surface area contributed by atoms with Crippen molar-refractivity contribution in [3.05, 3.63) is 36.3 Å². The van der Waals surface area contributed by atoms with Gasteiger partial charge in [0.15, 0.2) is 0 Å². The van der Waals surface area contributed by atoms with Crippen LogP contribution in [0, 0.1) is 5.92 Å². The Morgan fingerprint density at radius 2 is 2.37 bits per heavy atom. The fraction of sp³-hybridized carbons (Fsp3) is 0.429. The van der Waals surface area contributed by atoms with E-state index < -0.39 is 0 Å². The first kappa shape index (κ1) is 12.2. The molecule has 2 atom stereocenters. The lowest BCUT2D eigenvalue weighted by atomic mass is 10.0. The second-order valence-corrected chi connectivity index (χ2v) is 5.12. The molecule has 1 saturated carbocycles. The van der Waals surface area contributed by atoms with Crippen LogP contribution in [0.3, 0.4) is 0 Å². The molecule has 0 radical (unpaired) electrons. The normalized spacial score (nSPS) is 22.8. The van der Waals surface area contributed by atoms with Crippen molar-refractivity contribution in [3.63, 3.8) is 0 Å². The molecule has 2 aromatic heterocycles. The maximum Gasteiger partial charge on any atom is 0.253 e. The smallest absolute Gasteiger partial charge is 0.253 e. The summed E-state index contributed by atoms with van der Waals surface area (Å²) in [6.45, 7) is 0.644. The van der Waals surface area contributed by atoms with E-state index in [9.17, 15) is 4.79 Å². The summed E-state index contributed by atoms with van der Waals surface area (Å²) >= 11 is 0. The minimum absolute atomic E-state index is 0.0269. The Bertz CT molecular complexity index is 592. The monoisotopic (exact) mass is 258 g/mol. The van der Waals surface area contributed by atoms with Gasteiger partial charge in [0.1, 0.15) is 5.65 Å². The van der Waals surface area contributed by atoms with Gasteiger partial charge in [0.05, 0.1) is 5.56 Å². The maximum atomic E-state index is 12.2. The van der Waals surface area contributed by atoms with Crippen molar-refractivity contribution < 1.29 is 4.79 Å². The van der Waals surface area contributed by atoms with Crippen LogP contribution in [0.2, 0.25) is 0 Å². The number of nitrogens with one attached hydrogen (secondary N) is 1. The fourth-order valence-corrected chi connectivity index (χ4v) is 2.82. The van der Waals surface area contributed by atoms with E-state index >= 15 is 0 Å². The van der Waals surface area contributed by atoms with E-state index in [0.717, 1.165) is 24.9 Å². The highest BCUT2D eigenvalue weighted by Gasteiger charge is 2.27. The molecule has 0 aromatic carbocycles.